The van der Waals surface area contributed by atoms with Gasteiger partial charge in [-0.05, 0) is 82.7 Å². The molecule has 5 rings (SSSR count). The molecule has 2 N–H and O–H groups in total. The molecule has 0 saturated heterocycles. The molecule has 2 atom stereocenters. The summed E-state index contributed by atoms with van der Waals surface area (Å²) in [5.74, 6) is 7.40. The normalized spacial score (nSPS) is 16.5. The maximum Gasteiger partial charge on any atom is 0.270 e. The van der Waals surface area contributed by atoms with Gasteiger partial charge in [-0.2, -0.15) is 0 Å². The number of pyridine rings is 1. The molecule has 0 radical (unpaired) electrons. The third kappa shape index (κ3) is 6.98. The fourth-order valence-corrected chi connectivity index (χ4v) is 6.58. The number of nitrogens with zero attached hydrogens (tertiary/aromatic N) is 3. The lowest BCUT2D eigenvalue weighted by Crippen LogP contribution is -2.42. The second-order valence-corrected chi connectivity index (χ2v) is 14.1. The molecular formula is C33H38N4O5S. The number of fused-ring (bicyclic) bond motifs is 2. The standard InChI is InChI=1S/C33H38N4O5S/c1-33(2,3)43(40)37-20-25-18-26(32(39)34-19-23-11-12-28-29(17-23)42-21-41-28)35-31(30(25)27(37)13-15-38)24-10-6-8-22(16-24)9-7-14-36(4)5/h6,8,10-12,16-18,27,38H,13-15,19-21H2,1-5H3,(H,34,39)/t27-,43+/m1/s1. The van der Waals surface area contributed by atoms with Crippen LogP contribution in [0.5, 0.6) is 11.5 Å². The van der Waals surface area contributed by atoms with E-state index in [1.807, 2.05) is 86.5 Å². The van der Waals surface area contributed by atoms with Crippen molar-refractivity contribution in [2.45, 2.75) is 51.1 Å². The van der Waals surface area contributed by atoms with Crippen molar-refractivity contribution in [3.63, 3.8) is 0 Å². The van der Waals surface area contributed by atoms with Crippen LogP contribution in [0.25, 0.3) is 11.3 Å². The predicted octanol–water partition coefficient (Wildman–Crippen LogP) is 4.02. The van der Waals surface area contributed by atoms with Gasteiger partial charge in [0.05, 0.1) is 24.8 Å². The third-order valence-electron chi connectivity index (χ3n) is 7.18. The van der Waals surface area contributed by atoms with Gasteiger partial charge in [0.1, 0.15) is 10.4 Å². The van der Waals surface area contributed by atoms with E-state index in [1.165, 1.54) is 0 Å². The van der Waals surface area contributed by atoms with Crippen LogP contribution in [0.15, 0.2) is 48.5 Å². The molecule has 0 fully saturated rings. The number of rotatable bonds is 8. The summed E-state index contributed by atoms with van der Waals surface area (Å²) in [6.07, 6.45) is 0.390. The first kappa shape index (κ1) is 30.9. The molecule has 2 aliphatic heterocycles. The number of amides is 1. The number of aromatic nitrogens is 1. The molecular weight excluding hydrogens is 564 g/mol. The largest absolute Gasteiger partial charge is 0.597 e. The zero-order chi connectivity index (χ0) is 30.7. The van der Waals surface area contributed by atoms with E-state index in [9.17, 15) is 14.5 Å². The topological polar surface area (TPSA) is 110 Å². The van der Waals surface area contributed by atoms with Crippen molar-refractivity contribution in [3.05, 3.63) is 76.5 Å². The number of carbonyl (C=O) groups is 1. The number of aliphatic hydroxyl groups is 1. The Morgan fingerprint density at radius 2 is 1.98 bits per heavy atom. The monoisotopic (exact) mass is 602 g/mol. The highest BCUT2D eigenvalue weighted by atomic mass is 32.2. The first-order valence-corrected chi connectivity index (χ1v) is 15.4. The molecule has 1 amide bonds. The molecule has 43 heavy (non-hydrogen) atoms. The highest BCUT2D eigenvalue weighted by molar-refractivity contribution is 7.90. The summed E-state index contributed by atoms with van der Waals surface area (Å²) in [4.78, 5) is 20.4. The summed E-state index contributed by atoms with van der Waals surface area (Å²) in [5.41, 5.74) is 5.18. The predicted molar refractivity (Wildman–Crippen MR) is 167 cm³/mol. The van der Waals surface area contributed by atoms with E-state index < -0.39 is 16.1 Å². The first-order chi connectivity index (χ1) is 20.5. The van der Waals surface area contributed by atoms with Crippen LogP contribution in [0.3, 0.4) is 0 Å². The van der Waals surface area contributed by atoms with Gasteiger partial charge >= 0.3 is 0 Å². The minimum atomic E-state index is -1.35. The zero-order valence-electron chi connectivity index (χ0n) is 25.3. The fraction of sp³-hybridized carbons (Fsp3) is 0.394. The van der Waals surface area contributed by atoms with E-state index in [1.54, 1.807) is 6.07 Å². The van der Waals surface area contributed by atoms with Crippen LogP contribution in [0.1, 0.15) is 66.0 Å². The van der Waals surface area contributed by atoms with Crippen molar-refractivity contribution in [3.8, 4) is 34.6 Å². The second-order valence-electron chi connectivity index (χ2n) is 11.9. The number of hydrogen-bond acceptors (Lipinski definition) is 8. The lowest BCUT2D eigenvalue weighted by Gasteiger charge is -2.33. The summed E-state index contributed by atoms with van der Waals surface area (Å²) in [6.45, 7) is 7.21. The Morgan fingerprint density at radius 1 is 1.19 bits per heavy atom. The molecule has 0 aliphatic carbocycles. The van der Waals surface area contributed by atoms with Gasteiger partial charge in [-0.1, -0.05) is 30.0 Å². The Hall–Kier alpha value is -3.59. The van der Waals surface area contributed by atoms with Crippen LogP contribution in [-0.2, 0) is 24.5 Å². The van der Waals surface area contributed by atoms with Gasteiger partial charge in [-0.25, -0.2) is 4.98 Å². The molecule has 0 saturated carbocycles. The SMILES string of the molecule is CN(C)CC#Cc1cccc(-c2nc(C(=O)NCc3ccc4c(c3)OCO4)cc3c2[C@@H](CCO)N([S@@+]([O-])C(C)(C)C)C3)c1. The molecule has 10 heteroatoms. The number of ether oxygens (including phenoxy) is 2. The molecule has 1 aromatic heterocycles. The Morgan fingerprint density at radius 3 is 2.72 bits per heavy atom. The van der Waals surface area contributed by atoms with E-state index in [4.69, 9.17) is 14.5 Å². The van der Waals surface area contributed by atoms with Crippen LogP contribution in [0, 0.1) is 11.8 Å². The molecule has 0 bridgehead atoms. The second kappa shape index (κ2) is 13.0. The zero-order valence-corrected chi connectivity index (χ0v) is 26.1. The average Bonchev–Trinajstić information content (AvgIpc) is 3.59. The number of carbonyl (C=O) groups excluding carboxylic acids is 1. The van der Waals surface area contributed by atoms with Gasteiger partial charge in [-0.15, -0.1) is 4.31 Å². The molecule has 0 unspecified atom stereocenters. The lowest BCUT2D eigenvalue weighted by molar-refractivity contribution is 0.0945. The van der Waals surface area contributed by atoms with Crippen molar-refractivity contribution in [2.75, 3.05) is 34.0 Å². The van der Waals surface area contributed by atoms with Crippen molar-refractivity contribution in [1.82, 2.24) is 19.5 Å². The van der Waals surface area contributed by atoms with Crippen molar-refractivity contribution >= 4 is 17.3 Å². The van der Waals surface area contributed by atoms with E-state index in [0.717, 1.165) is 27.8 Å². The van der Waals surface area contributed by atoms with E-state index >= 15 is 0 Å². The van der Waals surface area contributed by atoms with E-state index in [-0.39, 0.29) is 37.6 Å². The molecule has 0 spiro atoms. The molecule has 9 nitrogen and oxygen atoms in total. The Labute approximate surface area is 256 Å². The van der Waals surface area contributed by atoms with Crippen molar-refractivity contribution < 1.29 is 23.9 Å². The third-order valence-corrected chi connectivity index (χ3v) is 9.03. The summed E-state index contributed by atoms with van der Waals surface area (Å²) in [6, 6.07) is 14.8. The number of benzene rings is 2. The quantitative estimate of drug-likeness (QED) is 0.294. The maximum absolute atomic E-state index is 13.7. The van der Waals surface area contributed by atoms with Gasteiger partial charge in [0, 0.05) is 41.2 Å². The van der Waals surface area contributed by atoms with Crippen LogP contribution < -0.4 is 14.8 Å². The molecule has 3 aromatic rings. The molecule has 2 aromatic carbocycles. The van der Waals surface area contributed by atoms with Gasteiger partial charge < -0.3 is 24.4 Å². The van der Waals surface area contributed by atoms with Gasteiger partial charge in [-0.3, -0.25) is 9.69 Å². The lowest BCUT2D eigenvalue weighted by atomic mass is 9.95. The van der Waals surface area contributed by atoms with E-state index in [0.29, 0.717) is 36.7 Å². The first-order valence-electron chi connectivity index (χ1n) is 14.3. The highest BCUT2D eigenvalue weighted by Gasteiger charge is 2.44. The minimum Gasteiger partial charge on any atom is -0.597 e. The molecule has 3 heterocycles. The number of aliphatic hydroxyl groups excluding tert-OH is 1. The van der Waals surface area contributed by atoms with Crippen LogP contribution >= 0.6 is 0 Å². The summed E-state index contributed by atoms with van der Waals surface area (Å²) < 4.78 is 25.9. The van der Waals surface area contributed by atoms with Crippen LogP contribution in [-0.4, -0.2) is 68.5 Å². The van der Waals surface area contributed by atoms with Gasteiger partial charge in [0.25, 0.3) is 5.91 Å². The minimum absolute atomic E-state index is 0.0742. The maximum atomic E-state index is 13.7. The Balaban J connectivity index is 1.53. The van der Waals surface area contributed by atoms with Gasteiger partial charge in [0.2, 0.25) is 6.79 Å². The fourth-order valence-electron chi connectivity index (χ4n) is 5.17. The summed E-state index contributed by atoms with van der Waals surface area (Å²) in [7, 11) is 3.94. The van der Waals surface area contributed by atoms with Crippen LogP contribution in [0.4, 0.5) is 0 Å². The molecule has 226 valence electrons. The average molecular weight is 603 g/mol. The van der Waals surface area contributed by atoms with Crippen molar-refractivity contribution in [2.24, 2.45) is 0 Å². The Kier molecular flexibility index (Phi) is 9.30. The number of nitrogens with one attached hydrogen (secondary N) is 1. The smallest absolute Gasteiger partial charge is 0.270 e. The van der Waals surface area contributed by atoms with Crippen LogP contribution in [0.2, 0.25) is 0 Å². The van der Waals surface area contributed by atoms with E-state index in [2.05, 4.69) is 17.2 Å². The number of hydrogen-bond donors (Lipinski definition) is 2. The highest BCUT2D eigenvalue weighted by Crippen LogP contribution is 2.45. The summed E-state index contributed by atoms with van der Waals surface area (Å²) >= 11 is -1.35. The Bertz CT molecular complexity index is 1560. The summed E-state index contributed by atoms with van der Waals surface area (Å²) in [5, 5.41) is 13.0. The van der Waals surface area contributed by atoms with Gasteiger partial charge in [0.15, 0.2) is 11.5 Å². The van der Waals surface area contributed by atoms with Crippen molar-refractivity contribution in [1.29, 1.82) is 0 Å². The molecule has 2 aliphatic rings.